The van der Waals surface area contributed by atoms with Gasteiger partial charge in [0.2, 0.25) is 0 Å². The number of rotatable bonds is 2. The summed E-state index contributed by atoms with van der Waals surface area (Å²) in [4.78, 5) is 8.92. The molecular weight excluding hydrogens is 391 g/mol. The van der Waals surface area contributed by atoms with Crippen LogP contribution in [0.4, 0.5) is 0 Å². The van der Waals surface area contributed by atoms with Gasteiger partial charge in [-0.15, -0.1) is 0 Å². The second-order valence-corrected chi connectivity index (χ2v) is 5.75. The SMILES string of the molecule is CCc1nc(-c2ccc3c(c2)OCCO3)nc(Cl)c1I. The molecule has 2 heterocycles. The zero-order valence-corrected chi connectivity index (χ0v) is 13.7. The van der Waals surface area contributed by atoms with Crippen LogP contribution in [0.2, 0.25) is 5.15 Å². The molecule has 3 rings (SSSR count). The zero-order chi connectivity index (χ0) is 14.1. The Kier molecular flexibility index (Phi) is 3.98. The highest BCUT2D eigenvalue weighted by Gasteiger charge is 2.15. The number of halogens is 2. The average molecular weight is 403 g/mol. The van der Waals surface area contributed by atoms with Gasteiger partial charge in [0.05, 0.1) is 9.26 Å². The van der Waals surface area contributed by atoms with Crippen molar-refractivity contribution in [1.82, 2.24) is 9.97 Å². The molecule has 0 aliphatic carbocycles. The second-order valence-electron chi connectivity index (χ2n) is 4.31. The van der Waals surface area contributed by atoms with E-state index in [0.717, 1.165) is 32.7 Å². The number of ether oxygens (including phenoxy) is 2. The maximum absolute atomic E-state index is 6.18. The summed E-state index contributed by atoms with van der Waals surface area (Å²) in [7, 11) is 0. The lowest BCUT2D eigenvalue weighted by atomic mass is 10.1. The summed E-state index contributed by atoms with van der Waals surface area (Å²) >= 11 is 8.35. The van der Waals surface area contributed by atoms with E-state index in [-0.39, 0.29) is 0 Å². The molecule has 1 aliphatic rings. The standard InChI is InChI=1S/C14H12ClIN2O2/c1-2-9-12(16)13(15)18-14(17-9)8-3-4-10-11(7-8)20-6-5-19-10/h3-4,7H,2,5-6H2,1H3. The molecule has 20 heavy (non-hydrogen) atoms. The summed E-state index contributed by atoms with van der Waals surface area (Å²) in [5.74, 6) is 2.10. The number of hydrogen-bond acceptors (Lipinski definition) is 4. The molecule has 0 bridgehead atoms. The molecule has 0 amide bonds. The summed E-state index contributed by atoms with van der Waals surface area (Å²) in [6.07, 6.45) is 0.818. The number of aromatic nitrogens is 2. The van der Waals surface area contributed by atoms with Crippen LogP contribution in [0, 0.1) is 3.57 Å². The van der Waals surface area contributed by atoms with Gasteiger partial charge in [-0.25, -0.2) is 9.97 Å². The molecule has 0 N–H and O–H groups in total. The lowest BCUT2D eigenvalue weighted by molar-refractivity contribution is 0.171. The maximum Gasteiger partial charge on any atom is 0.162 e. The molecule has 0 atom stereocenters. The first-order valence-electron chi connectivity index (χ1n) is 6.31. The van der Waals surface area contributed by atoms with E-state index in [1.807, 2.05) is 18.2 Å². The molecule has 0 unspecified atom stereocenters. The molecule has 4 nitrogen and oxygen atoms in total. The minimum absolute atomic E-state index is 0.488. The maximum atomic E-state index is 6.18. The number of aryl methyl sites for hydroxylation is 1. The van der Waals surface area contributed by atoms with Crippen molar-refractivity contribution in [3.05, 3.63) is 32.6 Å². The van der Waals surface area contributed by atoms with Crippen molar-refractivity contribution in [2.24, 2.45) is 0 Å². The molecule has 104 valence electrons. The lowest BCUT2D eigenvalue weighted by Crippen LogP contribution is -2.15. The Bertz CT molecular complexity index is 664. The van der Waals surface area contributed by atoms with Crippen molar-refractivity contribution in [3.8, 4) is 22.9 Å². The van der Waals surface area contributed by atoms with Crippen LogP contribution in [-0.2, 0) is 6.42 Å². The van der Waals surface area contributed by atoms with Crippen LogP contribution in [0.3, 0.4) is 0 Å². The van der Waals surface area contributed by atoms with Crippen LogP contribution in [0.1, 0.15) is 12.6 Å². The summed E-state index contributed by atoms with van der Waals surface area (Å²) in [6, 6.07) is 5.70. The number of nitrogens with zero attached hydrogens (tertiary/aromatic N) is 2. The predicted octanol–water partition coefficient (Wildman–Crippen LogP) is 3.74. The zero-order valence-electron chi connectivity index (χ0n) is 10.8. The van der Waals surface area contributed by atoms with Gasteiger partial charge in [0.15, 0.2) is 17.3 Å². The van der Waals surface area contributed by atoms with Gasteiger partial charge in [0, 0.05) is 5.56 Å². The Hall–Kier alpha value is -1.08. The molecule has 0 radical (unpaired) electrons. The largest absolute Gasteiger partial charge is 0.486 e. The van der Waals surface area contributed by atoms with Crippen LogP contribution in [0.5, 0.6) is 11.5 Å². The topological polar surface area (TPSA) is 44.2 Å². The molecule has 0 saturated heterocycles. The van der Waals surface area contributed by atoms with Gasteiger partial charge in [0.1, 0.15) is 18.4 Å². The minimum Gasteiger partial charge on any atom is -0.486 e. The molecule has 0 saturated carbocycles. The summed E-state index contributed by atoms with van der Waals surface area (Å²) in [6.45, 7) is 3.19. The highest BCUT2D eigenvalue weighted by molar-refractivity contribution is 14.1. The van der Waals surface area contributed by atoms with E-state index in [1.165, 1.54) is 0 Å². The van der Waals surface area contributed by atoms with Crippen LogP contribution in [-0.4, -0.2) is 23.2 Å². The Morgan fingerprint density at radius 3 is 2.70 bits per heavy atom. The van der Waals surface area contributed by atoms with E-state index < -0.39 is 0 Å². The van der Waals surface area contributed by atoms with Gasteiger partial charge >= 0.3 is 0 Å². The highest BCUT2D eigenvalue weighted by Crippen LogP contribution is 2.34. The first-order chi connectivity index (χ1) is 9.69. The van der Waals surface area contributed by atoms with E-state index in [0.29, 0.717) is 24.2 Å². The van der Waals surface area contributed by atoms with Gasteiger partial charge in [-0.05, 0) is 47.2 Å². The third-order valence-electron chi connectivity index (χ3n) is 3.01. The third-order valence-corrected chi connectivity index (χ3v) is 4.74. The van der Waals surface area contributed by atoms with Crippen molar-refractivity contribution in [2.45, 2.75) is 13.3 Å². The molecule has 1 aromatic carbocycles. The Labute approximate surface area is 135 Å². The Morgan fingerprint density at radius 1 is 1.20 bits per heavy atom. The predicted molar refractivity (Wildman–Crippen MR) is 85.6 cm³/mol. The number of benzene rings is 1. The van der Waals surface area contributed by atoms with Crippen molar-refractivity contribution in [3.63, 3.8) is 0 Å². The van der Waals surface area contributed by atoms with E-state index in [9.17, 15) is 0 Å². The third kappa shape index (κ3) is 2.56. The van der Waals surface area contributed by atoms with Gasteiger partial charge in [-0.1, -0.05) is 18.5 Å². The second kappa shape index (κ2) is 5.73. The molecule has 1 aliphatic heterocycles. The van der Waals surface area contributed by atoms with E-state index >= 15 is 0 Å². The van der Waals surface area contributed by atoms with Crippen LogP contribution in [0.25, 0.3) is 11.4 Å². The van der Waals surface area contributed by atoms with E-state index in [4.69, 9.17) is 21.1 Å². The smallest absolute Gasteiger partial charge is 0.162 e. The minimum atomic E-state index is 0.488. The summed E-state index contributed by atoms with van der Waals surface area (Å²) < 4.78 is 12.0. The van der Waals surface area contributed by atoms with Crippen LogP contribution >= 0.6 is 34.2 Å². The fourth-order valence-electron chi connectivity index (χ4n) is 2.01. The molecule has 1 aromatic heterocycles. The Morgan fingerprint density at radius 2 is 1.95 bits per heavy atom. The fraction of sp³-hybridized carbons (Fsp3) is 0.286. The fourth-order valence-corrected chi connectivity index (χ4v) is 2.82. The molecule has 0 spiro atoms. The average Bonchev–Trinajstić information content (AvgIpc) is 2.49. The lowest BCUT2D eigenvalue weighted by Gasteiger charge is -2.18. The van der Waals surface area contributed by atoms with Crippen LogP contribution in [0.15, 0.2) is 18.2 Å². The summed E-state index contributed by atoms with van der Waals surface area (Å²) in [5, 5.41) is 0.488. The van der Waals surface area contributed by atoms with Crippen molar-refractivity contribution in [2.75, 3.05) is 13.2 Å². The number of fused-ring (bicyclic) bond motifs is 1. The Balaban J connectivity index is 2.07. The first kappa shape index (κ1) is 13.9. The molecule has 2 aromatic rings. The van der Waals surface area contributed by atoms with Crippen molar-refractivity contribution < 1.29 is 9.47 Å². The highest BCUT2D eigenvalue weighted by atomic mass is 127. The van der Waals surface area contributed by atoms with Gasteiger partial charge in [-0.3, -0.25) is 0 Å². The van der Waals surface area contributed by atoms with E-state index in [1.54, 1.807) is 0 Å². The molecule has 6 heteroatoms. The number of hydrogen-bond donors (Lipinski definition) is 0. The normalized spacial score (nSPS) is 13.3. The van der Waals surface area contributed by atoms with Gasteiger partial charge in [0.25, 0.3) is 0 Å². The molecular formula is C14H12ClIN2O2. The van der Waals surface area contributed by atoms with Crippen molar-refractivity contribution >= 4 is 34.2 Å². The van der Waals surface area contributed by atoms with Crippen molar-refractivity contribution in [1.29, 1.82) is 0 Å². The molecule has 0 fully saturated rings. The van der Waals surface area contributed by atoms with Gasteiger partial charge in [-0.2, -0.15) is 0 Å². The van der Waals surface area contributed by atoms with Gasteiger partial charge < -0.3 is 9.47 Å². The quantitative estimate of drug-likeness (QED) is 0.567. The van der Waals surface area contributed by atoms with E-state index in [2.05, 4.69) is 39.5 Å². The monoisotopic (exact) mass is 402 g/mol. The van der Waals surface area contributed by atoms with Crippen LogP contribution < -0.4 is 9.47 Å². The first-order valence-corrected chi connectivity index (χ1v) is 7.76. The summed E-state index contributed by atoms with van der Waals surface area (Å²) in [5.41, 5.74) is 1.83.